The van der Waals surface area contributed by atoms with E-state index in [4.69, 9.17) is 4.74 Å². The summed E-state index contributed by atoms with van der Waals surface area (Å²) >= 11 is 3.36. The molecule has 2 N–H and O–H groups in total. The van der Waals surface area contributed by atoms with E-state index < -0.39 is 11.9 Å². The van der Waals surface area contributed by atoms with Crippen molar-refractivity contribution in [3.8, 4) is 5.75 Å². The second-order valence-corrected chi connectivity index (χ2v) is 6.94. The molecule has 2 amide bonds. The lowest BCUT2D eigenvalue weighted by molar-refractivity contribution is -0.143. The van der Waals surface area contributed by atoms with E-state index in [9.17, 15) is 19.5 Å². The zero-order valence-electron chi connectivity index (χ0n) is 13.0. The van der Waals surface area contributed by atoms with Gasteiger partial charge in [-0.2, -0.15) is 0 Å². The van der Waals surface area contributed by atoms with Crippen LogP contribution in [0.2, 0.25) is 0 Å². The molecule has 0 radical (unpaired) electrons. The number of fused-ring (bicyclic) bond motifs is 1. The molecule has 0 bridgehead atoms. The molecule has 2 atom stereocenters. The van der Waals surface area contributed by atoms with Crippen molar-refractivity contribution in [2.75, 3.05) is 18.5 Å². The monoisotopic (exact) mass is 396 g/mol. The Morgan fingerprint density at radius 1 is 1.38 bits per heavy atom. The van der Waals surface area contributed by atoms with Gasteiger partial charge in [0.05, 0.1) is 17.2 Å². The van der Waals surface area contributed by atoms with Crippen LogP contribution in [0.5, 0.6) is 5.75 Å². The molecule has 2 unspecified atom stereocenters. The predicted molar refractivity (Wildman–Crippen MR) is 89.1 cm³/mol. The largest absolute Gasteiger partial charge is 0.482 e. The molecule has 0 saturated carbocycles. The van der Waals surface area contributed by atoms with Gasteiger partial charge in [-0.1, -0.05) is 0 Å². The number of anilines is 1. The first-order chi connectivity index (χ1) is 11.4. The molecule has 8 heteroatoms. The minimum absolute atomic E-state index is 0.0309. The molecule has 0 spiro atoms. The smallest absolute Gasteiger partial charge is 0.308 e. The number of likely N-dealkylation sites (tertiary alicyclic amines) is 1. The van der Waals surface area contributed by atoms with E-state index in [0.29, 0.717) is 34.3 Å². The van der Waals surface area contributed by atoms with Gasteiger partial charge < -0.3 is 20.1 Å². The molecule has 128 valence electrons. The highest BCUT2D eigenvalue weighted by atomic mass is 79.9. The SMILES string of the molecule is CC1CCC(C(=O)O)CN1C(=O)c1cc2c(cc1Br)NC(=O)CO2. The van der Waals surface area contributed by atoms with Crippen LogP contribution >= 0.6 is 15.9 Å². The standard InChI is InChI=1S/C16H17BrN2O5/c1-8-2-3-9(16(22)23)6-19(8)15(21)10-4-13-12(5-11(10)17)18-14(20)7-24-13/h4-5,8-9H,2-3,6-7H2,1H3,(H,18,20)(H,22,23). The summed E-state index contributed by atoms with van der Waals surface area (Å²) in [7, 11) is 0. The van der Waals surface area contributed by atoms with Gasteiger partial charge in [0.25, 0.3) is 11.8 Å². The number of ether oxygens (including phenoxy) is 1. The molecule has 1 fully saturated rings. The predicted octanol–water partition coefficient (Wildman–Crippen LogP) is 2.11. The van der Waals surface area contributed by atoms with E-state index in [1.54, 1.807) is 17.0 Å². The van der Waals surface area contributed by atoms with Gasteiger partial charge >= 0.3 is 5.97 Å². The molecule has 2 aliphatic rings. The van der Waals surface area contributed by atoms with Gasteiger partial charge in [-0.25, -0.2) is 0 Å². The van der Waals surface area contributed by atoms with Gasteiger partial charge in [0.1, 0.15) is 5.75 Å². The lowest BCUT2D eigenvalue weighted by atomic mass is 9.93. The Morgan fingerprint density at radius 3 is 2.83 bits per heavy atom. The van der Waals surface area contributed by atoms with Crippen LogP contribution in [0.1, 0.15) is 30.1 Å². The van der Waals surface area contributed by atoms with Crippen LogP contribution in [-0.2, 0) is 9.59 Å². The van der Waals surface area contributed by atoms with Crippen molar-refractivity contribution in [2.24, 2.45) is 5.92 Å². The van der Waals surface area contributed by atoms with Crippen molar-refractivity contribution in [2.45, 2.75) is 25.8 Å². The zero-order chi connectivity index (χ0) is 17.4. The van der Waals surface area contributed by atoms with E-state index in [-0.39, 0.29) is 31.0 Å². The van der Waals surface area contributed by atoms with Crippen LogP contribution in [-0.4, -0.2) is 47.0 Å². The van der Waals surface area contributed by atoms with Gasteiger partial charge in [0, 0.05) is 17.1 Å². The number of nitrogens with zero attached hydrogens (tertiary/aromatic N) is 1. The van der Waals surface area contributed by atoms with Gasteiger partial charge in [-0.05, 0) is 47.8 Å². The Balaban J connectivity index is 1.89. The van der Waals surface area contributed by atoms with Crippen molar-refractivity contribution in [1.29, 1.82) is 0 Å². The summed E-state index contributed by atoms with van der Waals surface area (Å²) < 4.78 is 5.89. The van der Waals surface area contributed by atoms with E-state index in [1.807, 2.05) is 6.92 Å². The fourth-order valence-corrected chi connectivity index (χ4v) is 3.52. The summed E-state index contributed by atoms with van der Waals surface area (Å²) in [6.07, 6.45) is 1.22. The van der Waals surface area contributed by atoms with Gasteiger partial charge in [-0.3, -0.25) is 14.4 Å². The number of carboxylic acids is 1. The molecule has 1 aromatic carbocycles. The molecule has 3 rings (SSSR count). The van der Waals surface area contributed by atoms with E-state index in [0.717, 1.165) is 0 Å². The fraction of sp³-hybridized carbons (Fsp3) is 0.438. The summed E-state index contributed by atoms with van der Waals surface area (Å²) in [5, 5.41) is 11.9. The zero-order valence-corrected chi connectivity index (χ0v) is 14.6. The Hall–Kier alpha value is -2.09. The number of hydrogen-bond acceptors (Lipinski definition) is 4. The van der Waals surface area contributed by atoms with Crippen LogP contribution in [0.25, 0.3) is 0 Å². The molecule has 2 heterocycles. The maximum atomic E-state index is 12.9. The third-order valence-corrected chi connectivity index (χ3v) is 5.08. The Bertz CT molecular complexity index is 721. The van der Waals surface area contributed by atoms with E-state index in [1.165, 1.54) is 0 Å². The lowest BCUT2D eigenvalue weighted by Crippen LogP contribution is -2.47. The number of amides is 2. The average molecular weight is 397 g/mol. The molecule has 2 aliphatic heterocycles. The maximum absolute atomic E-state index is 12.9. The Kier molecular flexibility index (Phi) is 4.49. The Morgan fingerprint density at radius 2 is 2.12 bits per heavy atom. The second kappa shape index (κ2) is 6.43. The van der Waals surface area contributed by atoms with E-state index >= 15 is 0 Å². The molecule has 0 aliphatic carbocycles. The average Bonchev–Trinajstić information content (AvgIpc) is 2.53. The van der Waals surface area contributed by atoms with Crippen LogP contribution in [0.15, 0.2) is 16.6 Å². The Labute approximate surface area is 147 Å². The van der Waals surface area contributed by atoms with Crippen LogP contribution in [0, 0.1) is 5.92 Å². The summed E-state index contributed by atoms with van der Waals surface area (Å²) in [4.78, 5) is 37.1. The molecule has 24 heavy (non-hydrogen) atoms. The van der Waals surface area contributed by atoms with Crippen LogP contribution in [0.4, 0.5) is 5.69 Å². The first-order valence-corrected chi connectivity index (χ1v) is 8.46. The third-order valence-electron chi connectivity index (χ3n) is 4.42. The first kappa shape index (κ1) is 16.8. The van der Waals surface area contributed by atoms with Crippen molar-refractivity contribution in [1.82, 2.24) is 4.90 Å². The minimum Gasteiger partial charge on any atom is -0.482 e. The molecule has 0 aromatic heterocycles. The number of carboxylic acid groups (broad SMARTS) is 1. The quantitative estimate of drug-likeness (QED) is 0.797. The molecule has 7 nitrogen and oxygen atoms in total. The number of rotatable bonds is 2. The normalized spacial score (nSPS) is 23.1. The third kappa shape index (κ3) is 3.10. The molecular weight excluding hydrogens is 380 g/mol. The van der Waals surface area contributed by atoms with Crippen LogP contribution in [0.3, 0.4) is 0 Å². The number of benzene rings is 1. The number of carbonyl (C=O) groups excluding carboxylic acids is 2. The van der Waals surface area contributed by atoms with Crippen molar-refractivity contribution in [3.63, 3.8) is 0 Å². The van der Waals surface area contributed by atoms with Crippen molar-refractivity contribution in [3.05, 3.63) is 22.2 Å². The highest BCUT2D eigenvalue weighted by molar-refractivity contribution is 9.10. The maximum Gasteiger partial charge on any atom is 0.308 e. The topological polar surface area (TPSA) is 95.9 Å². The number of piperidine rings is 1. The number of aliphatic carboxylic acids is 1. The number of carbonyl (C=O) groups is 3. The first-order valence-electron chi connectivity index (χ1n) is 7.66. The van der Waals surface area contributed by atoms with Gasteiger partial charge in [0.2, 0.25) is 0 Å². The summed E-state index contributed by atoms with van der Waals surface area (Å²) in [6, 6.07) is 3.18. The lowest BCUT2D eigenvalue weighted by Gasteiger charge is -2.36. The second-order valence-electron chi connectivity index (χ2n) is 6.08. The summed E-state index contributed by atoms with van der Waals surface area (Å²) in [5.41, 5.74) is 0.896. The summed E-state index contributed by atoms with van der Waals surface area (Å²) in [5.74, 6) is -1.49. The molecule has 1 aromatic rings. The molecule has 1 saturated heterocycles. The van der Waals surface area contributed by atoms with Gasteiger partial charge in [0.15, 0.2) is 6.61 Å². The summed E-state index contributed by atoms with van der Waals surface area (Å²) in [6.45, 7) is 2.01. The van der Waals surface area contributed by atoms with Gasteiger partial charge in [-0.15, -0.1) is 0 Å². The fourth-order valence-electron chi connectivity index (χ4n) is 3.01. The minimum atomic E-state index is -0.879. The molecular formula is C16H17BrN2O5. The van der Waals surface area contributed by atoms with Crippen LogP contribution < -0.4 is 10.1 Å². The number of nitrogens with one attached hydrogen (secondary N) is 1. The van der Waals surface area contributed by atoms with Crippen molar-refractivity contribution < 1.29 is 24.2 Å². The number of hydrogen-bond donors (Lipinski definition) is 2. The van der Waals surface area contributed by atoms with Crippen molar-refractivity contribution >= 4 is 39.4 Å². The van der Waals surface area contributed by atoms with E-state index in [2.05, 4.69) is 21.2 Å². The highest BCUT2D eigenvalue weighted by Gasteiger charge is 2.34. The number of halogens is 1. The highest BCUT2D eigenvalue weighted by Crippen LogP contribution is 2.35.